The number of ether oxygens (including phenoxy) is 2. The molecule has 0 unspecified atom stereocenters. The Morgan fingerprint density at radius 3 is 2.83 bits per heavy atom. The van der Waals surface area contributed by atoms with Gasteiger partial charge in [-0.2, -0.15) is 13.2 Å². The van der Waals surface area contributed by atoms with Crippen LogP contribution in [0.2, 0.25) is 0 Å². The van der Waals surface area contributed by atoms with E-state index < -0.39 is 23.6 Å². The van der Waals surface area contributed by atoms with E-state index in [1.54, 1.807) is 0 Å². The van der Waals surface area contributed by atoms with E-state index in [1.807, 2.05) is 0 Å². The third-order valence-electron chi connectivity index (χ3n) is 2.76. The van der Waals surface area contributed by atoms with E-state index in [2.05, 4.69) is 15.4 Å². The number of fused-ring (bicyclic) bond motifs is 1. The lowest BCUT2D eigenvalue weighted by Gasteiger charge is -2.19. The van der Waals surface area contributed by atoms with Gasteiger partial charge < -0.3 is 20.1 Å². The fourth-order valence-electron chi connectivity index (χ4n) is 1.85. The fraction of sp³-hybridized carbons (Fsp3) is 0.417. The minimum absolute atomic E-state index is 0.0372. The normalized spacial score (nSPS) is 13.8. The first-order chi connectivity index (χ1) is 10.8. The number of nitrogens with one attached hydrogen (secondary N) is 2. The van der Waals surface area contributed by atoms with Crippen molar-refractivity contribution in [1.29, 1.82) is 0 Å². The number of alkyl halides is 3. The van der Waals surface area contributed by atoms with Gasteiger partial charge >= 0.3 is 6.18 Å². The van der Waals surface area contributed by atoms with Crippen molar-refractivity contribution in [3.63, 3.8) is 0 Å². The third-order valence-corrected chi connectivity index (χ3v) is 2.76. The number of nitrogens with zero attached hydrogens (tertiary/aromatic N) is 1. The molecule has 1 aliphatic rings. The summed E-state index contributed by atoms with van der Waals surface area (Å²) in [4.78, 5) is 21.6. The third kappa shape index (κ3) is 4.71. The summed E-state index contributed by atoms with van der Waals surface area (Å²) < 4.78 is 45.2. The van der Waals surface area contributed by atoms with Crippen molar-refractivity contribution in [2.45, 2.75) is 6.18 Å². The van der Waals surface area contributed by atoms with Crippen LogP contribution >= 0.6 is 0 Å². The Morgan fingerprint density at radius 1 is 1.43 bits per heavy atom. The molecule has 0 bridgehead atoms. The molecule has 23 heavy (non-hydrogen) atoms. The Kier molecular flexibility index (Phi) is 4.89. The lowest BCUT2D eigenvalue weighted by atomic mass is 10.2. The molecule has 11 heteroatoms. The molecule has 1 heterocycles. The number of nitro benzene ring substituents is 1. The van der Waals surface area contributed by atoms with E-state index in [0.29, 0.717) is 0 Å². The second-order valence-electron chi connectivity index (χ2n) is 4.55. The molecule has 126 valence electrons. The van der Waals surface area contributed by atoms with Crippen LogP contribution in [0.1, 0.15) is 0 Å². The minimum Gasteiger partial charge on any atom is -0.481 e. The monoisotopic (exact) mass is 335 g/mol. The van der Waals surface area contributed by atoms with Gasteiger partial charge in [0.1, 0.15) is 12.3 Å². The highest BCUT2D eigenvalue weighted by molar-refractivity contribution is 5.96. The van der Waals surface area contributed by atoms with Crippen LogP contribution in [0.5, 0.6) is 5.75 Å². The molecule has 0 spiro atoms. The number of carbonyl (C=O) groups excluding carboxylic acids is 1. The quantitative estimate of drug-likeness (QED) is 0.468. The summed E-state index contributed by atoms with van der Waals surface area (Å²) in [5.41, 5.74) is -0.0450. The Labute approximate surface area is 127 Å². The molecule has 0 fully saturated rings. The molecular weight excluding hydrogens is 323 g/mol. The van der Waals surface area contributed by atoms with E-state index >= 15 is 0 Å². The standard InChI is InChI=1S/C12H12F3N3O5/c13-12(14,15)6-22-2-1-16-7-3-8-10(4-9(7)18(20)21)23-5-11(19)17-8/h3-4,16H,1-2,5-6H2,(H,17,19). The minimum atomic E-state index is -4.43. The number of nitro groups is 1. The van der Waals surface area contributed by atoms with Crippen LogP contribution < -0.4 is 15.4 Å². The molecule has 1 aromatic rings. The van der Waals surface area contributed by atoms with Crippen LogP contribution in [-0.4, -0.2) is 43.4 Å². The summed E-state index contributed by atoms with van der Waals surface area (Å²) in [5, 5.41) is 16.1. The fourth-order valence-corrected chi connectivity index (χ4v) is 1.85. The first-order valence-corrected chi connectivity index (χ1v) is 6.40. The van der Waals surface area contributed by atoms with Crippen LogP contribution in [0, 0.1) is 10.1 Å². The molecule has 8 nitrogen and oxygen atoms in total. The summed E-state index contributed by atoms with van der Waals surface area (Å²) in [6.07, 6.45) is -4.43. The maximum Gasteiger partial charge on any atom is 0.411 e. The first-order valence-electron chi connectivity index (χ1n) is 6.40. The molecule has 1 aliphatic heterocycles. The Hall–Kier alpha value is -2.56. The first kappa shape index (κ1) is 16.8. The van der Waals surface area contributed by atoms with Crippen molar-refractivity contribution >= 4 is 23.0 Å². The second kappa shape index (κ2) is 6.69. The van der Waals surface area contributed by atoms with Gasteiger partial charge in [0.25, 0.3) is 11.6 Å². The van der Waals surface area contributed by atoms with Crippen LogP contribution in [0.25, 0.3) is 0 Å². The van der Waals surface area contributed by atoms with Gasteiger partial charge in [-0.3, -0.25) is 14.9 Å². The number of amides is 1. The average Bonchev–Trinajstić information content (AvgIpc) is 2.44. The molecule has 0 radical (unpaired) electrons. The highest BCUT2D eigenvalue weighted by atomic mass is 19.4. The Balaban J connectivity index is 2.03. The van der Waals surface area contributed by atoms with Crippen molar-refractivity contribution < 1.29 is 32.4 Å². The van der Waals surface area contributed by atoms with Crippen molar-refractivity contribution in [3.8, 4) is 5.75 Å². The van der Waals surface area contributed by atoms with Gasteiger partial charge in [0.15, 0.2) is 12.4 Å². The molecule has 1 aromatic carbocycles. The van der Waals surface area contributed by atoms with E-state index in [1.165, 1.54) is 6.07 Å². The Morgan fingerprint density at radius 2 is 2.17 bits per heavy atom. The van der Waals surface area contributed by atoms with E-state index in [4.69, 9.17) is 4.74 Å². The van der Waals surface area contributed by atoms with Gasteiger partial charge in [-0.25, -0.2) is 0 Å². The lowest BCUT2D eigenvalue weighted by molar-refractivity contribution is -0.384. The molecular formula is C12H12F3N3O5. The SMILES string of the molecule is O=C1COc2cc([N+](=O)[O-])c(NCCOCC(F)(F)F)cc2N1. The predicted molar refractivity (Wildman–Crippen MR) is 72.6 cm³/mol. The summed E-state index contributed by atoms with van der Waals surface area (Å²) in [5.74, 6) is -0.263. The van der Waals surface area contributed by atoms with Crippen LogP contribution in [0.15, 0.2) is 12.1 Å². The van der Waals surface area contributed by atoms with Crippen molar-refractivity contribution in [1.82, 2.24) is 0 Å². The van der Waals surface area contributed by atoms with Crippen molar-refractivity contribution in [2.75, 3.05) is 37.0 Å². The second-order valence-corrected chi connectivity index (χ2v) is 4.55. The maximum atomic E-state index is 11.9. The maximum absolute atomic E-state index is 11.9. The zero-order valence-corrected chi connectivity index (χ0v) is 11.6. The van der Waals surface area contributed by atoms with Crippen LogP contribution in [0.3, 0.4) is 0 Å². The van der Waals surface area contributed by atoms with Crippen molar-refractivity contribution in [3.05, 3.63) is 22.2 Å². The lowest BCUT2D eigenvalue weighted by Crippen LogP contribution is -2.25. The van der Waals surface area contributed by atoms with Gasteiger partial charge in [-0.15, -0.1) is 0 Å². The van der Waals surface area contributed by atoms with Crippen LogP contribution in [0.4, 0.5) is 30.2 Å². The van der Waals surface area contributed by atoms with Gasteiger partial charge in [0.05, 0.1) is 23.3 Å². The molecule has 2 rings (SSSR count). The number of hydrogen-bond acceptors (Lipinski definition) is 6. The van der Waals surface area contributed by atoms with E-state index in [9.17, 15) is 28.1 Å². The largest absolute Gasteiger partial charge is 0.481 e. The molecule has 0 aliphatic carbocycles. The van der Waals surface area contributed by atoms with Gasteiger partial charge in [-0.05, 0) is 6.07 Å². The zero-order valence-electron chi connectivity index (χ0n) is 11.6. The molecule has 0 saturated heterocycles. The number of carbonyl (C=O) groups is 1. The van der Waals surface area contributed by atoms with Crippen molar-refractivity contribution in [2.24, 2.45) is 0 Å². The van der Waals surface area contributed by atoms with Gasteiger partial charge in [0, 0.05) is 6.54 Å². The summed E-state index contributed by atoms with van der Waals surface area (Å²) >= 11 is 0. The summed E-state index contributed by atoms with van der Waals surface area (Å²) in [7, 11) is 0. The van der Waals surface area contributed by atoms with Crippen LogP contribution in [-0.2, 0) is 9.53 Å². The molecule has 0 saturated carbocycles. The number of hydrogen-bond donors (Lipinski definition) is 2. The zero-order chi connectivity index (χ0) is 17.0. The number of rotatable bonds is 6. The predicted octanol–water partition coefficient (Wildman–Crippen LogP) is 1.92. The molecule has 2 N–H and O–H groups in total. The topological polar surface area (TPSA) is 103 Å². The summed E-state index contributed by atoms with van der Waals surface area (Å²) in [6.45, 7) is -2.02. The number of halogens is 3. The summed E-state index contributed by atoms with van der Waals surface area (Å²) in [6, 6.07) is 2.42. The highest BCUT2D eigenvalue weighted by Crippen LogP contribution is 2.37. The molecule has 0 aromatic heterocycles. The number of anilines is 2. The van der Waals surface area contributed by atoms with Gasteiger partial charge in [0.2, 0.25) is 0 Å². The number of benzene rings is 1. The van der Waals surface area contributed by atoms with Gasteiger partial charge in [-0.1, -0.05) is 0 Å². The average molecular weight is 335 g/mol. The smallest absolute Gasteiger partial charge is 0.411 e. The molecule has 1 amide bonds. The Bertz CT molecular complexity index is 621. The highest BCUT2D eigenvalue weighted by Gasteiger charge is 2.27. The van der Waals surface area contributed by atoms with E-state index in [0.717, 1.165) is 6.07 Å². The molecule has 0 atom stereocenters. The van der Waals surface area contributed by atoms with E-state index in [-0.39, 0.29) is 42.6 Å².